The molecule has 0 aliphatic carbocycles. The van der Waals surface area contributed by atoms with Crippen LogP contribution in [0.15, 0.2) is 41.3 Å². The Morgan fingerprint density at radius 1 is 1.13 bits per heavy atom. The molecule has 4 nitrogen and oxygen atoms in total. The molecule has 2 rings (SSSR count). The lowest BCUT2D eigenvalue weighted by molar-refractivity contribution is -0.138. The zero-order valence-electron chi connectivity index (χ0n) is 11.6. The molecular formula is C14H11ClF3NO3S. The summed E-state index contributed by atoms with van der Waals surface area (Å²) in [5, 5.41) is 9.64. The number of rotatable bonds is 3. The molecule has 0 atom stereocenters. The minimum absolute atomic E-state index is 0.146. The summed E-state index contributed by atoms with van der Waals surface area (Å²) in [6.45, 7) is 1.69. The molecular weight excluding hydrogens is 355 g/mol. The van der Waals surface area contributed by atoms with Crippen LogP contribution in [0.4, 0.5) is 18.9 Å². The van der Waals surface area contributed by atoms with Crippen molar-refractivity contribution < 1.29 is 26.7 Å². The number of phenolic OH excluding ortho intramolecular Hbond substituents is 1. The molecule has 2 aromatic rings. The molecule has 23 heavy (non-hydrogen) atoms. The predicted molar refractivity (Wildman–Crippen MR) is 80.1 cm³/mol. The van der Waals surface area contributed by atoms with Gasteiger partial charge in [-0.3, -0.25) is 4.72 Å². The first-order chi connectivity index (χ1) is 10.5. The summed E-state index contributed by atoms with van der Waals surface area (Å²) in [7, 11) is -4.04. The van der Waals surface area contributed by atoms with E-state index in [1.54, 1.807) is 6.92 Å². The molecule has 0 heterocycles. The molecule has 2 aromatic carbocycles. The predicted octanol–water partition coefficient (Wildman–Crippen LogP) is 4.17. The molecule has 0 amide bonds. The van der Waals surface area contributed by atoms with Gasteiger partial charge in [0.2, 0.25) is 0 Å². The van der Waals surface area contributed by atoms with Crippen LogP contribution in [0.2, 0.25) is 5.02 Å². The van der Waals surface area contributed by atoms with Crippen LogP contribution in [0.5, 0.6) is 5.75 Å². The van der Waals surface area contributed by atoms with Crippen molar-refractivity contribution in [2.75, 3.05) is 4.72 Å². The fourth-order valence-electron chi connectivity index (χ4n) is 1.79. The lowest BCUT2D eigenvalue weighted by atomic mass is 10.2. The molecule has 2 N–H and O–H groups in total. The van der Waals surface area contributed by atoms with Gasteiger partial charge < -0.3 is 5.11 Å². The van der Waals surface area contributed by atoms with Crippen molar-refractivity contribution in [1.29, 1.82) is 0 Å². The van der Waals surface area contributed by atoms with Gasteiger partial charge in [0.05, 0.1) is 16.1 Å². The van der Waals surface area contributed by atoms with E-state index in [2.05, 4.69) is 4.72 Å². The maximum absolute atomic E-state index is 12.6. The second-order valence-corrected chi connectivity index (χ2v) is 6.84. The van der Waals surface area contributed by atoms with Gasteiger partial charge in [-0.1, -0.05) is 17.7 Å². The summed E-state index contributed by atoms with van der Waals surface area (Å²) >= 11 is 5.86. The number of benzene rings is 2. The number of nitrogens with one attached hydrogen (secondary N) is 1. The van der Waals surface area contributed by atoms with Gasteiger partial charge in [0.25, 0.3) is 10.0 Å². The fourth-order valence-corrected chi connectivity index (χ4v) is 3.11. The monoisotopic (exact) mass is 365 g/mol. The summed E-state index contributed by atoms with van der Waals surface area (Å²) in [4.78, 5) is -0.146. The zero-order valence-corrected chi connectivity index (χ0v) is 13.2. The van der Waals surface area contributed by atoms with Gasteiger partial charge in [0.15, 0.2) is 0 Å². The Morgan fingerprint density at radius 2 is 1.78 bits per heavy atom. The normalized spacial score (nSPS) is 12.2. The molecule has 0 unspecified atom stereocenters. The van der Waals surface area contributed by atoms with Crippen molar-refractivity contribution >= 4 is 27.3 Å². The topological polar surface area (TPSA) is 66.4 Å². The maximum atomic E-state index is 12.6. The SMILES string of the molecule is Cc1ccc(S(=O)(=O)Nc2ccc(C(F)(F)F)c(O)c2)cc1Cl. The lowest BCUT2D eigenvalue weighted by Gasteiger charge is -2.12. The van der Waals surface area contributed by atoms with Crippen LogP contribution in [0.3, 0.4) is 0 Å². The standard InChI is InChI=1S/C14H11ClF3NO3S/c1-8-2-4-10(7-12(8)15)23(21,22)19-9-3-5-11(13(20)6-9)14(16,17)18/h2-7,19-20H,1H3. The van der Waals surface area contributed by atoms with Crippen LogP contribution < -0.4 is 4.72 Å². The number of anilines is 1. The van der Waals surface area contributed by atoms with Crippen molar-refractivity contribution in [1.82, 2.24) is 0 Å². The molecule has 9 heteroatoms. The van der Waals surface area contributed by atoms with Gasteiger partial charge >= 0.3 is 6.18 Å². The van der Waals surface area contributed by atoms with E-state index in [0.717, 1.165) is 6.07 Å². The summed E-state index contributed by atoms with van der Waals surface area (Å²) < 4.78 is 64.1. The molecule has 0 aliphatic rings. The van der Waals surface area contributed by atoms with Crippen LogP contribution in [-0.4, -0.2) is 13.5 Å². The second kappa shape index (κ2) is 5.93. The average molecular weight is 366 g/mol. The van der Waals surface area contributed by atoms with E-state index in [0.29, 0.717) is 17.7 Å². The Hall–Kier alpha value is -1.93. The molecule has 0 radical (unpaired) electrons. The van der Waals surface area contributed by atoms with Crippen LogP contribution >= 0.6 is 11.6 Å². The zero-order chi connectivity index (χ0) is 17.4. The van der Waals surface area contributed by atoms with Gasteiger partial charge in [-0.2, -0.15) is 13.2 Å². The third kappa shape index (κ3) is 3.89. The smallest absolute Gasteiger partial charge is 0.419 e. The summed E-state index contributed by atoms with van der Waals surface area (Å²) in [6, 6.07) is 6.24. The van der Waals surface area contributed by atoms with Gasteiger partial charge in [-0.05, 0) is 36.8 Å². The van der Waals surface area contributed by atoms with Gasteiger partial charge in [0.1, 0.15) is 5.75 Å². The number of aryl methyl sites for hydroxylation is 1. The Kier molecular flexibility index (Phi) is 4.50. The number of phenols is 1. The number of aromatic hydroxyl groups is 1. The summed E-state index contributed by atoms with van der Waals surface area (Å²) in [5.74, 6) is -1.07. The second-order valence-electron chi connectivity index (χ2n) is 4.75. The van der Waals surface area contributed by atoms with Crippen molar-refractivity contribution in [2.45, 2.75) is 18.0 Å². The van der Waals surface area contributed by atoms with Gasteiger partial charge in [-0.25, -0.2) is 8.42 Å². The first-order valence-corrected chi connectivity index (χ1v) is 8.06. The molecule has 0 bridgehead atoms. The average Bonchev–Trinajstić information content (AvgIpc) is 2.39. The van der Waals surface area contributed by atoms with Crippen molar-refractivity contribution in [3.63, 3.8) is 0 Å². The minimum atomic E-state index is -4.73. The van der Waals surface area contributed by atoms with Crippen LogP contribution in [0, 0.1) is 6.92 Å². The Morgan fingerprint density at radius 3 is 2.30 bits per heavy atom. The third-order valence-electron chi connectivity index (χ3n) is 3.01. The van der Waals surface area contributed by atoms with E-state index in [1.807, 2.05) is 0 Å². The maximum Gasteiger partial charge on any atom is 0.419 e. The van der Waals surface area contributed by atoms with Crippen LogP contribution in [0.25, 0.3) is 0 Å². The number of sulfonamides is 1. The molecule has 0 aliphatic heterocycles. The van der Waals surface area contributed by atoms with Crippen LogP contribution in [-0.2, 0) is 16.2 Å². The quantitative estimate of drug-likeness (QED) is 0.857. The summed E-state index contributed by atoms with van der Waals surface area (Å²) in [6.07, 6.45) is -4.73. The number of alkyl halides is 3. The van der Waals surface area contributed by atoms with Crippen molar-refractivity contribution in [3.8, 4) is 5.75 Å². The highest BCUT2D eigenvalue weighted by atomic mass is 35.5. The summed E-state index contributed by atoms with van der Waals surface area (Å²) in [5.41, 5.74) is -0.774. The largest absolute Gasteiger partial charge is 0.507 e. The Labute approximate surface area is 135 Å². The third-order valence-corrected chi connectivity index (χ3v) is 4.80. The van der Waals surface area contributed by atoms with Crippen molar-refractivity contribution in [2.24, 2.45) is 0 Å². The first-order valence-electron chi connectivity index (χ1n) is 6.20. The molecule has 0 aromatic heterocycles. The Balaban J connectivity index is 2.34. The van der Waals surface area contributed by atoms with E-state index < -0.39 is 27.5 Å². The van der Waals surface area contributed by atoms with E-state index in [4.69, 9.17) is 11.6 Å². The van der Waals surface area contributed by atoms with Gasteiger partial charge in [-0.15, -0.1) is 0 Å². The van der Waals surface area contributed by atoms with Gasteiger partial charge in [0, 0.05) is 11.1 Å². The molecule has 0 saturated carbocycles. The van der Waals surface area contributed by atoms with Crippen molar-refractivity contribution in [3.05, 3.63) is 52.5 Å². The van der Waals surface area contributed by atoms with E-state index >= 15 is 0 Å². The van der Waals surface area contributed by atoms with E-state index in [1.165, 1.54) is 18.2 Å². The number of halogens is 4. The molecule has 0 fully saturated rings. The van der Waals surface area contributed by atoms with E-state index in [9.17, 15) is 26.7 Å². The van der Waals surface area contributed by atoms with Crippen LogP contribution in [0.1, 0.15) is 11.1 Å². The molecule has 0 spiro atoms. The lowest BCUT2D eigenvalue weighted by Crippen LogP contribution is -2.13. The highest BCUT2D eigenvalue weighted by Crippen LogP contribution is 2.37. The number of hydrogen-bond donors (Lipinski definition) is 2. The first kappa shape index (κ1) is 17.4. The number of hydrogen-bond acceptors (Lipinski definition) is 3. The molecule has 0 saturated heterocycles. The van der Waals surface area contributed by atoms with E-state index in [-0.39, 0.29) is 15.6 Å². The Bertz CT molecular complexity index is 851. The highest BCUT2D eigenvalue weighted by molar-refractivity contribution is 7.92. The molecule has 124 valence electrons. The minimum Gasteiger partial charge on any atom is -0.507 e. The fraction of sp³-hybridized carbons (Fsp3) is 0.143. The highest BCUT2D eigenvalue weighted by Gasteiger charge is 2.33.